The van der Waals surface area contributed by atoms with Gasteiger partial charge in [-0.3, -0.25) is 9.59 Å². The van der Waals surface area contributed by atoms with Crippen molar-refractivity contribution in [3.05, 3.63) is 64.9 Å². The predicted molar refractivity (Wildman–Crippen MR) is 103 cm³/mol. The average Bonchev–Trinajstić information content (AvgIpc) is 2.68. The fourth-order valence-corrected chi connectivity index (χ4v) is 3.23. The van der Waals surface area contributed by atoms with Crippen LogP contribution in [0, 0.1) is 5.82 Å². The number of amides is 2. The van der Waals surface area contributed by atoms with E-state index in [1.165, 1.54) is 6.07 Å². The summed E-state index contributed by atoms with van der Waals surface area (Å²) in [6.07, 6.45) is -0.0809. The fourth-order valence-electron chi connectivity index (χ4n) is 3.05. The maximum absolute atomic E-state index is 13.6. The van der Waals surface area contributed by atoms with Crippen LogP contribution in [0.1, 0.15) is 5.56 Å². The number of carbonyl (C=O) groups excluding carboxylic acids is 2. The predicted octanol–water partition coefficient (Wildman–Crippen LogP) is 2.49. The van der Waals surface area contributed by atoms with Crippen molar-refractivity contribution in [2.24, 2.45) is 0 Å². The van der Waals surface area contributed by atoms with Crippen LogP contribution in [0.5, 0.6) is 0 Å². The van der Waals surface area contributed by atoms with Crippen LogP contribution < -0.4 is 10.2 Å². The van der Waals surface area contributed by atoms with E-state index < -0.39 is 5.82 Å². The third kappa shape index (κ3) is 5.20. The first-order chi connectivity index (χ1) is 13.0. The zero-order valence-corrected chi connectivity index (χ0v) is 15.6. The van der Waals surface area contributed by atoms with Crippen molar-refractivity contribution in [3.8, 4) is 0 Å². The van der Waals surface area contributed by atoms with Crippen LogP contribution in [-0.2, 0) is 16.0 Å². The number of halogens is 2. The Morgan fingerprint density at radius 3 is 2.48 bits per heavy atom. The number of rotatable bonds is 5. The summed E-state index contributed by atoms with van der Waals surface area (Å²) in [6, 6.07) is 13.8. The summed E-state index contributed by atoms with van der Waals surface area (Å²) in [5, 5.41) is 3.26. The molecule has 1 aliphatic heterocycles. The van der Waals surface area contributed by atoms with Crippen molar-refractivity contribution >= 4 is 29.1 Å². The molecule has 0 aliphatic carbocycles. The minimum absolute atomic E-state index is 0.0789. The van der Waals surface area contributed by atoms with Gasteiger partial charge in [0, 0.05) is 36.9 Å². The fraction of sp³-hybridized carbons (Fsp3) is 0.300. The van der Waals surface area contributed by atoms with E-state index >= 15 is 0 Å². The molecule has 142 valence electrons. The van der Waals surface area contributed by atoms with Gasteiger partial charge in [0.15, 0.2) is 0 Å². The standard InChI is InChI=1S/C20H21ClFN3O2/c21-16-5-3-6-17(13-16)24-8-10-25(11-9-24)20(27)14-23-19(26)12-15-4-1-2-7-18(15)22/h1-7,13H,8-12,14H2,(H,23,26). The van der Waals surface area contributed by atoms with Gasteiger partial charge in [0.25, 0.3) is 0 Å². The van der Waals surface area contributed by atoms with E-state index in [9.17, 15) is 14.0 Å². The Labute approximate surface area is 162 Å². The van der Waals surface area contributed by atoms with Crippen molar-refractivity contribution in [1.29, 1.82) is 0 Å². The smallest absolute Gasteiger partial charge is 0.242 e. The van der Waals surface area contributed by atoms with Crippen LogP contribution in [0.4, 0.5) is 10.1 Å². The Balaban J connectivity index is 1.44. The topological polar surface area (TPSA) is 52.7 Å². The quantitative estimate of drug-likeness (QED) is 0.854. The first-order valence-corrected chi connectivity index (χ1v) is 9.19. The Kier molecular flexibility index (Phi) is 6.29. The molecule has 2 amide bonds. The lowest BCUT2D eigenvalue weighted by Crippen LogP contribution is -2.51. The lowest BCUT2D eigenvalue weighted by Gasteiger charge is -2.36. The second-order valence-corrected chi connectivity index (χ2v) is 6.83. The number of carbonyl (C=O) groups is 2. The molecule has 1 saturated heterocycles. The van der Waals surface area contributed by atoms with Gasteiger partial charge in [0.05, 0.1) is 13.0 Å². The lowest BCUT2D eigenvalue weighted by atomic mass is 10.1. The van der Waals surface area contributed by atoms with Crippen LogP contribution in [0.2, 0.25) is 5.02 Å². The summed E-state index contributed by atoms with van der Waals surface area (Å²) in [5.74, 6) is -0.926. The molecule has 0 aromatic heterocycles. The highest BCUT2D eigenvalue weighted by atomic mass is 35.5. The van der Waals surface area contributed by atoms with E-state index in [4.69, 9.17) is 11.6 Å². The molecule has 3 rings (SSSR count). The van der Waals surface area contributed by atoms with Crippen LogP contribution in [0.3, 0.4) is 0 Å². The zero-order valence-electron chi connectivity index (χ0n) is 14.8. The van der Waals surface area contributed by atoms with Gasteiger partial charge in [-0.25, -0.2) is 4.39 Å². The molecular formula is C20H21ClFN3O2. The van der Waals surface area contributed by atoms with Crippen molar-refractivity contribution in [2.75, 3.05) is 37.6 Å². The Morgan fingerprint density at radius 1 is 1.04 bits per heavy atom. The van der Waals surface area contributed by atoms with Gasteiger partial charge in [-0.1, -0.05) is 35.9 Å². The van der Waals surface area contributed by atoms with E-state index in [2.05, 4.69) is 10.2 Å². The molecule has 0 saturated carbocycles. The summed E-state index contributed by atoms with van der Waals surface area (Å²) < 4.78 is 13.6. The molecule has 1 N–H and O–H groups in total. The number of anilines is 1. The van der Waals surface area contributed by atoms with E-state index in [1.807, 2.05) is 24.3 Å². The SMILES string of the molecule is O=C(Cc1ccccc1F)NCC(=O)N1CCN(c2cccc(Cl)c2)CC1. The minimum atomic E-state index is -0.420. The van der Waals surface area contributed by atoms with Crippen molar-refractivity contribution in [3.63, 3.8) is 0 Å². The van der Waals surface area contributed by atoms with Crippen molar-refractivity contribution in [2.45, 2.75) is 6.42 Å². The highest BCUT2D eigenvalue weighted by Crippen LogP contribution is 2.20. The monoisotopic (exact) mass is 389 g/mol. The van der Waals surface area contributed by atoms with Crippen molar-refractivity contribution < 1.29 is 14.0 Å². The lowest BCUT2D eigenvalue weighted by molar-refractivity contribution is -0.133. The largest absolute Gasteiger partial charge is 0.368 e. The third-order valence-corrected chi connectivity index (χ3v) is 4.79. The van der Waals surface area contributed by atoms with Crippen molar-refractivity contribution in [1.82, 2.24) is 10.2 Å². The maximum atomic E-state index is 13.6. The van der Waals surface area contributed by atoms with Gasteiger partial charge < -0.3 is 15.1 Å². The molecule has 0 unspecified atom stereocenters. The number of benzene rings is 2. The summed E-state index contributed by atoms with van der Waals surface area (Å²) in [6.45, 7) is 2.48. The molecule has 0 bridgehead atoms. The Hall–Kier alpha value is -2.60. The third-order valence-electron chi connectivity index (χ3n) is 4.55. The van der Waals surface area contributed by atoms with Gasteiger partial charge in [0.2, 0.25) is 11.8 Å². The van der Waals surface area contributed by atoms with E-state index in [0.717, 1.165) is 5.69 Å². The zero-order chi connectivity index (χ0) is 19.2. The van der Waals surface area contributed by atoms with E-state index in [-0.39, 0.29) is 24.8 Å². The number of piperazine rings is 1. The van der Waals surface area contributed by atoms with Gasteiger partial charge in [-0.05, 0) is 29.8 Å². The summed E-state index contributed by atoms with van der Waals surface area (Å²) in [4.78, 5) is 28.2. The van der Waals surface area contributed by atoms with Gasteiger partial charge >= 0.3 is 0 Å². The summed E-state index contributed by atoms with van der Waals surface area (Å²) >= 11 is 6.03. The molecule has 7 heteroatoms. The van der Waals surface area contributed by atoms with E-state index in [0.29, 0.717) is 36.8 Å². The molecule has 0 spiro atoms. The van der Waals surface area contributed by atoms with Crippen LogP contribution in [-0.4, -0.2) is 49.4 Å². The number of hydrogen-bond donors (Lipinski definition) is 1. The van der Waals surface area contributed by atoms with Gasteiger partial charge in [-0.2, -0.15) is 0 Å². The van der Waals surface area contributed by atoms with Gasteiger partial charge in [-0.15, -0.1) is 0 Å². The van der Waals surface area contributed by atoms with Gasteiger partial charge in [0.1, 0.15) is 5.82 Å². The molecule has 0 radical (unpaired) electrons. The molecule has 1 fully saturated rings. The molecule has 27 heavy (non-hydrogen) atoms. The summed E-state index contributed by atoms with van der Waals surface area (Å²) in [5.41, 5.74) is 1.35. The molecule has 2 aromatic rings. The van der Waals surface area contributed by atoms with Crippen LogP contribution in [0.25, 0.3) is 0 Å². The molecular weight excluding hydrogens is 369 g/mol. The van der Waals surface area contributed by atoms with E-state index in [1.54, 1.807) is 23.1 Å². The molecule has 1 aliphatic rings. The second-order valence-electron chi connectivity index (χ2n) is 6.39. The van der Waals surface area contributed by atoms with Crippen LogP contribution in [0.15, 0.2) is 48.5 Å². The average molecular weight is 390 g/mol. The second kappa shape index (κ2) is 8.86. The minimum Gasteiger partial charge on any atom is -0.368 e. The normalized spacial score (nSPS) is 14.1. The highest BCUT2D eigenvalue weighted by Gasteiger charge is 2.21. The highest BCUT2D eigenvalue weighted by molar-refractivity contribution is 6.30. The van der Waals surface area contributed by atoms with Crippen LogP contribution >= 0.6 is 11.6 Å². The number of hydrogen-bond acceptors (Lipinski definition) is 3. The molecule has 1 heterocycles. The first-order valence-electron chi connectivity index (χ1n) is 8.81. The first kappa shape index (κ1) is 19.2. The number of nitrogens with one attached hydrogen (secondary N) is 1. The number of nitrogens with zero attached hydrogens (tertiary/aromatic N) is 2. The maximum Gasteiger partial charge on any atom is 0.242 e. The summed E-state index contributed by atoms with van der Waals surface area (Å²) in [7, 11) is 0. The molecule has 5 nitrogen and oxygen atoms in total. The Bertz CT molecular complexity index is 822. The molecule has 2 aromatic carbocycles. The Morgan fingerprint density at radius 2 is 1.78 bits per heavy atom. The molecule has 0 atom stereocenters.